The summed E-state index contributed by atoms with van der Waals surface area (Å²) in [7, 11) is 0. The third-order valence-electron chi connectivity index (χ3n) is 5.60. The first kappa shape index (κ1) is 23.2. The van der Waals surface area contributed by atoms with Crippen molar-refractivity contribution in [1.82, 2.24) is 9.55 Å². The number of rotatable bonds is 7. The molecule has 0 saturated carbocycles. The molecule has 2 unspecified atom stereocenters. The second kappa shape index (κ2) is 10.8. The minimum Gasteiger partial charge on any atom is -0.393 e. The first-order valence-corrected chi connectivity index (χ1v) is 10.9. The number of ether oxygens (including phenoxy) is 2. The molecule has 1 aromatic heterocycles. The molecule has 1 fully saturated rings. The number of aliphatic hydroxyl groups is 3. The lowest BCUT2D eigenvalue weighted by atomic mass is 10.0. The van der Waals surface area contributed by atoms with Gasteiger partial charge < -0.3 is 29.4 Å². The van der Waals surface area contributed by atoms with Gasteiger partial charge in [-0.2, -0.15) is 0 Å². The molecule has 172 valence electrons. The van der Waals surface area contributed by atoms with E-state index in [0.717, 1.165) is 22.3 Å². The molecule has 7 heteroatoms. The Morgan fingerprint density at radius 1 is 1.12 bits per heavy atom. The molecule has 3 N–H and O–H groups in total. The monoisotopic (exact) mass is 448 g/mol. The van der Waals surface area contributed by atoms with Crippen LogP contribution < -0.4 is 0 Å². The Bertz CT molecular complexity index is 1100. The smallest absolute Gasteiger partial charge is 0.138 e. The molecular weight excluding hydrogens is 420 g/mol. The minimum atomic E-state index is -0.739. The van der Waals surface area contributed by atoms with Crippen molar-refractivity contribution in [3.05, 3.63) is 77.9 Å². The van der Waals surface area contributed by atoms with Gasteiger partial charge in [-0.25, -0.2) is 4.98 Å². The van der Waals surface area contributed by atoms with Crippen molar-refractivity contribution >= 4 is 0 Å². The van der Waals surface area contributed by atoms with Crippen LogP contribution in [0, 0.1) is 11.8 Å². The Balaban J connectivity index is 1.39. The molecular formula is C26H28N2O5. The van der Waals surface area contributed by atoms with Gasteiger partial charge in [0.1, 0.15) is 30.2 Å². The Labute approximate surface area is 193 Å². The average Bonchev–Trinajstić information content (AvgIpc) is 3.48. The fraction of sp³-hybridized carbons (Fsp3) is 0.346. The second-order valence-electron chi connectivity index (χ2n) is 8.06. The highest BCUT2D eigenvalue weighted by Gasteiger charge is 2.26. The van der Waals surface area contributed by atoms with Crippen molar-refractivity contribution in [2.75, 3.05) is 19.8 Å². The first-order valence-electron chi connectivity index (χ1n) is 10.9. The zero-order valence-electron chi connectivity index (χ0n) is 18.5. The normalized spacial score (nSPS) is 19.6. The Hall–Kier alpha value is -2.99. The first-order chi connectivity index (χ1) is 16.0. The fourth-order valence-electron chi connectivity index (χ4n) is 3.71. The van der Waals surface area contributed by atoms with E-state index in [1.807, 2.05) is 48.5 Å². The molecule has 3 aromatic rings. The lowest BCUT2D eigenvalue weighted by Crippen LogP contribution is -2.26. The van der Waals surface area contributed by atoms with E-state index >= 15 is 0 Å². The lowest BCUT2D eigenvalue weighted by molar-refractivity contribution is -0.0188. The number of aromatic nitrogens is 2. The Morgan fingerprint density at radius 2 is 1.82 bits per heavy atom. The average molecular weight is 449 g/mol. The minimum absolute atomic E-state index is 0.177. The number of benzene rings is 2. The standard InChI is InChI=1S/C26H28N2O5/c1-18(30)26-27-12-13-28(26)23(14-29)11-6-19-2-7-21(8-3-19)22-9-4-20(5-10-22)15-33-25-17-32-16-24(25)31/h2-5,7-10,12-13,18,23-25,29-31H,14-17H2,1H3/t18-,23-,24?,25?/m0/s1. The number of imidazole rings is 1. The number of hydrogen-bond acceptors (Lipinski definition) is 6. The highest BCUT2D eigenvalue weighted by Crippen LogP contribution is 2.22. The predicted octanol–water partition coefficient (Wildman–Crippen LogP) is 2.46. The van der Waals surface area contributed by atoms with Crippen LogP contribution >= 0.6 is 0 Å². The summed E-state index contributed by atoms with van der Waals surface area (Å²) in [5.41, 5.74) is 4.01. The maximum absolute atomic E-state index is 9.83. The number of hydrogen-bond donors (Lipinski definition) is 3. The van der Waals surface area contributed by atoms with Gasteiger partial charge in [0.2, 0.25) is 0 Å². The summed E-state index contributed by atoms with van der Waals surface area (Å²) >= 11 is 0. The molecule has 0 aliphatic carbocycles. The van der Waals surface area contributed by atoms with Crippen molar-refractivity contribution in [3.63, 3.8) is 0 Å². The van der Waals surface area contributed by atoms with Crippen LogP contribution in [0.25, 0.3) is 11.1 Å². The number of nitrogens with zero attached hydrogens (tertiary/aromatic N) is 2. The fourth-order valence-corrected chi connectivity index (χ4v) is 3.71. The van der Waals surface area contributed by atoms with Gasteiger partial charge in [-0.05, 0) is 35.7 Å². The summed E-state index contributed by atoms with van der Waals surface area (Å²) in [6, 6.07) is 15.5. The van der Waals surface area contributed by atoms with E-state index in [0.29, 0.717) is 25.6 Å². The van der Waals surface area contributed by atoms with Crippen LogP contribution in [0.15, 0.2) is 60.9 Å². The molecule has 7 nitrogen and oxygen atoms in total. The van der Waals surface area contributed by atoms with E-state index in [1.54, 1.807) is 23.9 Å². The summed E-state index contributed by atoms with van der Waals surface area (Å²) in [6.45, 7) is 2.65. The van der Waals surface area contributed by atoms with Gasteiger partial charge in [0.25, 0.3) is 0 Å². The van der Waals surface area contributed by atoms with Crippen LogP contribution in [0.4, 0.5) is 0 Å². The summed E-state index contributed by atoms with van der Waals surface area (Å²) in [4.78, 5) is 4.14. The van der Waals surface area contributed by atoms with Gasteiger partial charge in [-0.15, -0.1) is 0 Å². The highest BCUT2D eigenvalue weighted by molar-refractivity contribution is 5.64. The molecule has 1 saturated heterocycles. The molecule has 1 aliphatic heterocycles. The topological polar surface area (TPSA) is 97.0 Å². The van der Waals surface area contributed by atoms with Crippen molar-refractivity contribution in [2.45, 2.75) is 37.9 Å². The largest absolute Gasteiger partial charge is 0.393 e. The SMILES string of the molecule is C[C@H](O)c1nccn1[C@@H](C#Cc1ccc(-c2ccc(COC3COCC3O)cc2)cc1)CO. The molecule has 1 aliphatic rings. The van der Waals surface area contributed by atoms with Crippen molar-refractivity contribution in [2.24, 2.45) is 0 Å². The van der Waals surface area contributed by atoms with Crippen LogP contribution in [-0.2, 0) is 16.1 Å². The third kappa shape index (κ3) is 5.69. The van der Waals surface area contributed by atoms with Gasteiger partial charge in [0, 0.05) is 18.0 Å². The van der Waals surface area contributed by atoms with Crippen LogP contribution in [0.1, 0.15) is 36.0 Å². The Morgan fingerprint density at radius 3 is 2.42 bits per heavy atom. The zero-order valence-corrected chi connectivity index (χ0v) is 18.5. The van der Waals surface area contributed by atoms with Crippen molar-refractivity contribution in [3.8, 4) is 23.0 Å². The lowest BCUT2D eigenvalue weighted by Gasteiger charge is -2.14. The molecule has 0 spiro atoms. The van der Waals surface area contributed by atoms with Crippen molar-refractivity contribution < 1.29 is 24.8 Å². The summed E-state index contributed by atoms with van der Waals surface area (Å²) in [5, 5.41) is 29.3. The second-order valence-corrected chi connectivity index (χ2v) is 8.06. The molecule has 0 amide bonds. The van der Waals surface area contributed by atoms with Crippen LogP contribution in [0.3, 0.4) is 0 Å². The maximum atomic E-state index is 9.83. The maximum Gasteiger partial charge on any atom is 0.138 e. The van der Waals surface area contributed by atoms with Crippen molar-refractivity contribution in [1.29, 1.82) is 0 Å². The molecule has 0 radical (unpaired) electrons. The van der Waals surface area contributed by atoms with E-state index in [1.165, 1.54) is 0 Å². The quantitative estimate of drug-likeness (QED) is 0.481. The van der Waals surface area contributed by atoms with E-state index in [2.05, 4.69) is 16.8 Å². The van der Waals surface area contributed by atoms with Gasteiger partial charge in [0.05, 0.1) is 26.4 Å². The third-order valence-corrected chi connectivity index (χ3v) is 5.60. The van der Waals surface area contributed by atoms with Gasteiger partial charge in [-0.3, -0.25) is 0 Å². The summed E-state index contributed by atoms with van der Waals surface area (Å²) < 4.78 is 12.6. The van der Waals surface area contributed by atoms with Crippen LogP contribution in [-0.4, -0.2) is 56.9 Å². The predicted molar refractivity (Wildman–Crippen MR) is 123 cm³/mol. The van der Waals surface area contributed by atoms with Gasteiger partial charge in [0.15, 0.2) is 0 Å². The van der Waals surface area contributed by atoms with E-state index in [9.17, 15) is 15.3 Å². The van der Waals surface area contributed by atoms with E-state index < -0.39 is 18.2 Å². The molecule has 4 atom stereocenters. The van der Waals surface area contributed by atoms with Crippen LogP contribution in [0.5, 0.6) is 0 Å². The molecule has 33 heavy (non-hydrogen) atoms. The molecule has 2 aromatic carbocycles. The van der Waals surface area contributed by atoms with Gasteiger partial charge in [-0.1, -0.05) is 48.2 Å². The highest BCUT2D eigenvalue weighted by atomic mass is 16.6. The Kier molecular flexibility index (Phi) is 7.55. The number of aliphatic hydroxyl groups excluding tert-OH is 3. The van der Waals surface area contributed by atoms with E-state index in [4.69, 9.17) is 9.47 Å². The van der Waals surface area contributed by atoms with E-state index in [-0.39, 0.29) is 12.7 Å². The summed E-state index contributed by atoms with van der Waals surface area (Å²) in [6.07, 6.45) is 1.73. The van der Waals surface area contributed by atoms with Crippen LogP contribution in [0.2, 0.25) is 0 Å². The zero-order chi connectivity index (χ0) is 23.2. The molecule has 4 rings (SSSR count). The summed E-state index contributed by atoms with van der Waals surface area (Å²) in [5.74, 6) is 6.63. The molecule has 2 heterocycles. The molecule has 0 bridgehead atoms. The van der Waals surface area contributed by atoms with Gasteiger partial charge >= 0.3 is 0 Å².